The minimum Gasteiger partial charge on any atom is -0.481 e. The first-order valence-electron chi connectivity index (χ1n) is 7.11. The highest BCUT2D eigenvalue weighted by Gasteiger charge is 2.38. The summed E-state index contributed by atoms with van der Waals surface area (Å²) in [5, 5.41) is 12.2. The van der Waals surface area contributed by atoms with Crippen molar-refractivity contribution in [3.05, 3.63) is 0 Å². The van der Waals surface area contributed by atoms with Crippen LogP contribution < -0.4 is 5.32 Å². The number of amides is 1. The average molecular weight is 271 g/mol. The molecule has 1 aliphatic rings. The maximum atomic E-state index is 11.9. The van der Waals surface area contributed by atoms with Crippen LogP contribution in [0.4, 0.5) is 0 Å². The second-order valence-electron chi connectivity index (χ2n) is 5.28. The summed E-state index contributed by atoms with van der Waals surface area (Å²) < 4.78 is 5.43. The number of hydrogen-bond donors (Lipinski definition) is 2. The molecule has 1 saturated carbocycles. The van der Waals surface area contributed by atoms with Crippen LogP contribution in [0.25, 0.3) is 0 Å². The van der Waals surface area contributed by atoms with Crippen molar-refractivity contribution in [1.82, 2.24) is 5.32 Å². The molecule has 0 atom stereocenters. The topological polar surface area (TPSA) is 75.6 Å². The quantitative estimate of drug-likeness (QED) is 0.707. The normalized spacial score (nSPS) is 22.7. The van der Waals surface area contributed by atoms with Gasteiger partial charge in [-0.15, -0.1) is 0 Å². The molecule has 19 heavy (non-hydrogen) atoms. The lowest BCUT2D eigenvalue weighted by molar-refractivity contribution is -0.152. The third kappa shape index (κ3) is 3.93. The van der Waals surface area contributed by atoms with Crippen molar-refractivity contribution in [3.8, 4) is 0 Å². The van der Waals surface area contributed by atoms with E-state index in [9.17, 15) is 14.7 Å². The Morgan fingerprint density at radius 2 is 1.84 bits per heavy atom. The molecule has 0 aromatic heterocycles. The fourth-order valence-electron chi connectivity index (χ4n) is 2.52. The molecule has 1 rings (SSSR count). The Morgan fingerprint density at radius 1 is 1.26 bits per heavy atom. The molecule has 0 unspecified atom stereocenters. The molecule has 0 heterocycles. The third-order valence-corrected chi connectivity index (χ3v) is 4.17. The van der Waals surface area contributed by atoms with Crippen LogP contribution in [-0.2, 0) is 14.3 Å². The van der Waals surface area contributed by atoms with Crippen molar-refractivity contribution in [3.63, 3.8) is 0 Å². The van der Waals surface area contributed by atoms with Gasteiger partial charge in [-0.1, -0.05) is 13.8 Å². The van der Waals surface area contributed by atoms with E-state index in [0.29, 0.717) is 19.4 Å². The molecule has 1 aliphatic carbocycles. The van der Waals surface area contributed by atoms with Crippen molar-refractivity contribution < 1.29 is 19.4 Å². The van der Waals surface area contributed by atoms with Gasteiger partial charge in [-0.05, 0) is 32.6 Å². The van der Waals surface area contributed by atoms with Gasteiger partial charge >= 0.3 is 5.97 Å². The SMILES string of the molecule is CCOC1CC(NC(=O)CC(CC)(CC)C(=O)O)C1. The molecule has 110 valence electrons. The molecule has 5 heteroatoms. The summed E-state index contributed by atoms with van der Waals surface area (Å²) in [6.45, 7) is 6.29. The smallest absolute Gasteiger partial charge is 0.310 e. The molecule has 0 aromatic rings. The number of nitrogens with one attached hydrogen (secondary N) is 1. The number of carbonyl (C=O) groups excluding carboxylic acids is 1. The molecular weight excluding hydrogens is 246 g/mol. The highest BCUT2D eigenvalue weighted by Crippen LogP contribution is 2.31. The minimum atomic E-state index is -0.923. The third-order valence-electron chi connectivity index (χ3n) is 4.17. The molecule has 0 aliphatic heterocycles. The molecule has 1 amide bonds. The Balaban J connectivity index is 2.41. The Hall–Kier alpha value is -1.10. The van der Waals surface area contributed by atoms with E-state index >= 15 is 0 Å². The zero-order valence-corrected chi connectivity index (χ0v) is 12.1. The molecule has 0 spiro atoms. The number of hydrogen-bond acceptors (Lipinski definition) is 3. The van der Waals surface area contributed by atoms with Crippen molar-refractivity contribution in [2.45, 2.75) is 65.0 Å². The van der Waals surface area contributed by atoms with Crippen molar-refractivity contribution >= 4 is 11.9 Å². The predicted octanol–water partition coefficient (Wildman–Crippen LogP) is 1.95. The summed E-state index contributed by atoms with van der Waals surface area (Å²) in [5.41, 5.74) is -0.923. The fraction of sp³-hybridized carbons (Fsp3) is 0.857. The van der Waals surface area contributed by atoms with Crippen LogP contribution in [0.1, 0.15) is 52.9 Å². The Labute approximate surface area is 114 Å². The lowest BCUT2D eigenvalue weighted by Crippen LogP contribution is -2.49. The van der Waals surface area contributed by atoms with Crippen LogP contribution in [0.15, 0.2) is 0 Å². The first-order valence-corrected chi connectivity index (χ1v) is 7.11. The maximum Gasteiger partial charge on any atom is 0.310 e. The van der Waals surface area contributed by atoms with Gasteiger partial charge < -0.3 is 15.2 Å². The average Bonchev–Trinajstić information content (AvgIpc) is 2.33. The second-order valence-corrected chi connectivity index (χ2v) is 5.28. The van der Waals surface area contributed by atoms with Crippen LogP contribution in [-0.4, -0.2) is 35.7 Å². The number of carboxylic acids is 1. The minimum absolute atomic E-state index is 0.0606. The summed E-state index contributed by atoms with van der Waals surface area (Å²) in [7, 11) is 0. The summed E-state index contributed by atoms with van der Waals surface area (Å²) in [6, 6.07) is 0.143. The standard InChI is InChI=1S/C14H25NO4/c1-4-14(5-2,13(17)18)9-12(16)15-10-7-11(8-10)19-6-3/h10-11H,4-9H2,1-3H3,(H,15,16)(H,17,18). The summed E-state index contributed by atoms with van der Waals surface area (Å²) >= 11 is 0. The summed E-state index contributed by atoms with van der Waals surface area (Å²) in [5.74, 6) is -1.04. The fourth-order valence-corrected chi connectivity index (χ4v) is 2.52. The van der Waals surface area contributed by atoms with Crippen LogP contribution in [0.3, 0.4) is 0 Å². The van der Waals surface area contributed by atoms with Gasteiger partial charge in [0.15, 0.2) is 0 Å². The Kier molecular flexibility index (Phi) is 5.79. The number of rotatable bonds is 8. The molecule has 5 nitrogen and oxygen atoms in total. The largest absolute Gasteiger partial charge is 0.481 e. The van der Waals surface area contributed by atoms with Crippen molar-refractivity contribution in [2.75, 3.05) is 6.61 Å². The molecule has 2 N–H and O–H groups in total. The first kappa shape index (κ1) is 16.0. The number of carboxylic acid groups (broad SMARTS) is 1. The van der Waals surface area contributed by atoms with E-state index in [2.05, 4.69) is 5.32 Å². The van der Waals surface area contributed by atoms with E-state index in [1.807, 2.05) is 20.8 Å². The number of ether oxygens (including phenoxy) is 1. The Bertz CT molecular complexity index is 319. The lowest BCUT2D eigenvalue weighted by Gasteiger charge is -2.36. The van der Waals surface area contributed by atoms with Gasteiger partial charge in [-0.3, -0.25) is 9.59 Å². The molecule has 0 saturated heterocycles. The number of carbonyl (C=O) groups is 2. The van der Waals surface area contributed by atoms with Crippen LogP contribution >= 0.6 is 0 Å². The first-order chi connectivity index (χ1) is 8.97. The van der Waals surface area contributed by atoms with E-state index in [0.717, 1.165) is 12.8 Å². The van der Waals surface area contributed by atoms with Gasteiger partial charge in [0.05, 0.1) is 11.5 Å². The van der Waals surface area contributed by atoms with Gasteiger partial charge in [0, 0.05) is 19.1 Å². The molecule has 0 aromatic carbocycles. The predicted molar refractivity (Wildman–Crippen MR) is 71.8 cm³/mol. The molecule has 1 fully saturated rings. The van der Waals surface area contributed by atoms with Gasteiger partial charge in [-0.25, -0.2) is 0 Å². The highest BCUT2D eigenvalue weighted by atomic mass is 16.5. The molecular formula is C14H25NO4. The van der Waals surface area contributed by atoms with Crippen LogP contribution in [0.2, 0.25) is 0 Å². The maximum absolute atomic E-state index is 11.9. The summed E-state index contributed by atoms with van der Waals surface area (Å²) in [4.78, 5) is 23.3. The van der Waals surface area contributed by atoms with Crippen molar-refractivity contribution in [2.24, 2.45) is 5.41 Å². The monoisotopic (exact) mass is 271 g/mol. The second kappa shape index (κ2) is 6.89. The van der Waals surface area contributed by atoms with Crippen LogP contribution in [0, 0.1) is 5.41 Å². The number of aliphatic carboxylic acids is 1. The van der Waals surface area contributed by atoms with Crippen molar-refractivity contribution in [1.29, 1.82) is 0 Å². The molecule has 0 radical (unpaired) electrons. The van der Waals surface area contributed by atoms with E-state index in [-0.39, 0.29) is 24.5 Å². The van der Waals surface area contributed by atoms with Gasteiger partial charge in [-0.2, -0.15) is 0 Å². The van der Waals surface area contributed by atoms with E-state index < -0.39 is 11.4 Å². The summed E-state index contributed by atoms with van der Waals surface area (Å²) in [6.07, 6.45) is 2.91. The zero-order chi connectivity index (χ0) is 14.5. The zero-order valence-electron chi connectivity index (χ0n) is 12.1. The van der Waals surface area contributed by atoms with E-state index in [4.69, 9.17) is 4.74 Å². The lowest BCUT2D eigenvalue weighted by atomic mass is 9.78. The Morgan fingerprint density at radius 3 is 2.26 bits per heavy atom. The van der Waals surface area contributed by atoms with Gasteiger partial charge in [0.1, 0.15) is 0 Å². The van der Waals surface area contributed by atoms with E-state index in [1.165, 1.54) is 0 Å². The van der Waals surface area contributed by atoms with Gasteiger partial charge in [0.25, 0.3) is 0 Å². The van der Waals surface area contributed by atoms with Gasteiger partial charge in [0.2, 0.25) is 5.91 Å². The van der Waals surface area contributed by atoms with E-state index in [1.54, 1.807) is 0 Å². The molecule has 0 bridgehead atoms. The highest BCUT2D eigenvalue weighted by molar-refractivity contribution is 5.85. The van der Waals surface area contributed by atoms with Crippen LogP contribution in [0.5, 0.6) is 0 Å².